The number of hydrogen-bond donors (Lipinski definition) is 1. The van der Waals surface area contributed by atoms with Crippen molar-refractivity contribution in [1.29, 1.82) is 0 Å². The van der Waals surface area contributed by atoms with Gasteiger partial charge in [0.1, 0.15) is 11.6 Å². The number of rotatable bonds is 6. The normalized spacial score (nSPS) is 10.4. The van der Waals surface area contributed by atoms with E-state index in [0.29, 0.717) is 12.3 Å². The SMILES string of the molecule is Cc1nccn1-c1ccc(CNC(=O)COc2ccccc2)cc1. The van der Waals surface area contributed by atoms with Crippen LogP contribution in [0, 0.1) is 6.92 Å². The summed E-state index contributed by atoms with van der Waals surface area (Å²) in [5.41, 5.74) is 2.08. The van der Waals surface area contributed by atoms with Crippen molar-refractivity contribution >= 4 is 5.91 Å². The molecule has 2 aromatic carbocycles. The van der Waals surface area contributed by atoms with Crippen molar-refractivity contribution in [2.75, 3.05) is 6.61 Å². The standard InChI is InChI=1S/C19H19N3O2/c1-15-20-11-12-22(15)17-9-7-16(8-10-17)13-21-19(23)14-24-18-5-3-2-4-6-18/h2-12H,13-14H2,1H3,(H,21,23). The van der Waals surface area contributed by atoms with Crippen LogP contribution in [0.15, 0.2) is 67.0 Å². The topological polar surface area (TPSA) is 56.2 Å². The molecule has 0 spiro atoms. The number of nitrogens with one attached hydrogen (secondary N) is 1. The van der Waals surface area contributed by atoms with E-state index in [4.69, 9.17) is 4.74 Å². The first-order chi connectivity index (χ1) is 11.7. The lowest BCUT2D eigenvalue weighted by Crippen LogP contribution is -2.28. The zero-order valence-corrected chi connectivity index (χ0v) is 13.5. The first-order valence-electron chi connectivity index (χ1n) is 7.76. The average molecular weight is 321 g/mol. The van der Waals surface area contributed by atoms with Crippen LogP contribution < -0.4 is 10.1 Å². The van der Waals surface area contributed by atoms with Crippen molar-refractivity contribution in [3.05, 3.63) is 78.4 Å². The largest absolute Gasteiger partial charge is 0.484 e. The van der Waals surface area contributed by atoms with E-state index >= 15 is 0 Å². The van der Waals surface area contributed by atoms with E-state index in [1.165, 1.54) is 0 Å². The van der Waals surface area contributed by atoms with Gasteiger partial charge < -0.3 is 14.6 Å². The van der Waals surface area contributed by atoms with Crippen molar-refractivity contribution in [3.63, 3.8) is 0 Å². The van der Waals surface area contributed by atoms with E-state index in [-0.39, 0.29) is 12.5 Å². The fraction of sp³-hybridized carbons (Fsp3) is 0.158. The minimum absolute atomic E-state index is 0.0102. The molecular formula is C19H19N3O2. The molecule has 0 aliphatic rings. The number of ether oxygens (including phenoxy) is 1. The predicted octanol–water partition coefficient (Wildman–Crippen LogP) is 2.88. The molecule has 0 bridgehead atoms. The van der Waals surface area contributed by atoms with E-state index in [1.807, 2.05) is 72.3 Å². The molecule has 24 heavy (non-hydrogen) atoms. The van der Waals surface area contributed by atoms with Crippen LogP contribution in [0.1, 0.15) is 11.4 Å². The molecule has 3 rings (SSSR count). The van der Waals surface area contributed by atoms with Gasteiger partial charge in [-0.2, -0.15) is 0 Å². The molecule has 3 aromatic rings. The second kappa shape index (κ2) is 7.46. The Hall–Kier alpha value is -3.08. The molecule has 1 N–H and O–H groups in total. The van der Waals surface area contributed by atoms with Gasteiger partial charge in [0.15, 0.2) is 6.61 Å². The number of nitrogens with zero attached hydrogens (tertiary/aromatic N) is 2. The molecular weight excluding hydrogens is 302 g/mol. The number of carbonyl (C=O) groups is 1. The number of imidazole rings is 1. The quantitative estimate of drug-likeness (QED) is 0.759. The van der Waals surface area contributed by atoms with Crippen LogP contribution in [0.25, 0.3) is 5.69 Å². The van der Waals surface area contributed by atoms with Crippen LogP contribution in [0.3, 0.4) is 0 Å². The summed E-state index contributed by atoms with van der Waals surface area (Å²) in [6, 6.07) is 17.3. The lowest BCUT2D eigenvalue weighted by molar-refractivity contribution is -0.123. The highest BCUT2D eigenvalue weighted by Crippen LogP contribution is 2.12. The Morgan fingerprint density at radius 3 is 2.54 bits per heavy atom. The fourth-order valence-corrected chi connectivity index (χ4v) is 2.34. The zero-order chi connectivity index (χ0) is 16.8. The zero-order valence-electron chi connectivity index (χ0n) is 13.5. The molecule has 122 valence electrons. The molecule has 5 heteroatoms. The molecule has 0 fully saturated rings. The van der Waals surface area contributed by atoms with Crippen LogP contribution in [0.2, 0.25) is 0 Å². The number of hydrogen-bond acceptors (Lipinski definition) is 3. The van der Waals surface area contributed by atoms with E-state index < -0.39 is 0 Å². The smallest absolute Gasteiger partial charge is 0.258 e. The summed E-state index contributed by atoms with van der Waals surface area (Å²) in [5.74, 6) is 1.48. The van der Waals surface area contributed by atoms with Crippen molar-refractivity contribution in [1.82, 2.24) is 14.9 Å². The number of carbonyl (C=O) groups excluding carboxylic acids is 1. The molecule has 0 aliphatic heterocycles. The summed E-state index contributed by atoms with van der Waals surface area (Å²) in [7, 11) is 0. The van der Waals surface area contributed by atoms with Gasteiger partial charge >= 0.3 is 0 Å². The first kappa shape index (κ1) is 15.8. The highest BCUT2D eigenvalue weighted by molar-refractivity contribution is 5.77. The van der Waals surface area contributed by atoms with Crippen molar-refractivity contribution in [3.8, 4) is 11.4 Å². The monoisotopic (exact) mass is 321 g/mol. The van der Waals surface area contributed by atoms with E-state index in [2.05, 4.69) is 10.3 Å². The number of aryl methyl sites for hydroxylation is 1. The average Bonchev–Trinajstić information content (AvgIpc) is 3.05. The summed E-state index contributed by atoms with van der Waals surface area (Å²) >= 11 is 0. The number of benzene rings is 2. The first-order valence-corrected chi connectivity index (χ1v) is 7.76. The van der Waals surface area contributed by atoms with Gasteiger partial charge in [-0.3, -0.25) is 4.79 Å². The molecule has 5 nitrogen and oxygen atoms in total. The second-order valence-electron chi connectivity index (χ2n) is 5.39. The van der Waals surface area contributed by atoms with Crippen molar-refractivity contribution in [2.24, 2.45) is 0 Å². The Balaban J connectivity index is 1.49. The van der Waals surface area contributed by atoms with Gasteiger partial charge in [-0.15, -0.1) is 0 Å². The summed E-state index contributed by atoms with van der Waals surface area (Å²) in [6.07, 6.45) is 3.70. The Kier molecular flexibility index (Phi) is 4.91. The number of para-hydroxylation sites is 1. The lowest BCUT2D eigenvalue weighted by Gasteiger charge is -2.09. The van der Waals surface area contributed by atoms with Gasteiger partial charge in [-0.25, -0.2) is 4.98 Å². The molecule has 1 heterocycles. The maximum absolute atomic E-state index is 11.8. The molecule has 0 saturated heterocycles. The third-order valence-corrected chi connectivity index (χ3v) is 3.64. The molecule has 1 amide bonds. The third-order valence-electron chi connectivity index (χ3n) is 3.64. The van der Waals surface area contributed by atoms with Crippen molar-refractivity contribution in [2.45, 2.75) is 13.5 Å². The molecule has 0 aliphatic carbocycles. The summed E-state index contributed by atoms with van der Waals surface area (Å²) in [5, 5.41) is 2.85. The van der Waals surface area contributed by atoms with Gasteiger partial charge in [0.25, 0.3) is 5.91 Å². The van der Waals surface area contributed by atoms with Crippen LogP contribution in [-0.4, -0.2) is 22.1 Å². The van der Waals surface area contributed by atoms with E-state index in [9.17, 15) is 4.79 Å². The lowest BCUT2D eigenvalue weighted by atomic mass is 10.2. The second-order valence-corrected chi connectivity index (χ2v) is 5.39. The summed E-state index contributed by atoms with van der Waals surface area (Å²) < 4.78 is 7.43. The van der Waals surface area contributed by atoms with Gasteiger partial charge in [0.2, 0.25) is 0 Å². The molecule has 0 saturated carbocycles. The van der Waals surface area contributed by atoms with Gasteiger partial charge in [-0.05, 0) is 36.8 Å². The van der Waals surface area contributed by atoms with Crippen LogP contribution >= 0.6 is 0 Å². The maximum Gasteiger partial charge on any atom is 0.258 e. The van der Waals surface area contributed by atoms with Crippen LogP contribution in [0.4, 0.5) is 0 Å². The predicted molar refractivity (Wildman–Crippen MR) is 92.1 cm³/mol. The summed E-state index contributed by atoms with van der Waals surface area (Å²) in [4.78, 5) is 16.1. The Labute approximate surface area is 140 Å². The van der Waals surface area contributed by atoms with E-state index in [1.54, 1.807) is 6.20 Å². The number of aromatic nitrogens is 2. The Morgan fingerprint density at radius 1 is 1.12 bits per heavy atom. The Morgan fingerprint density at radius 2 is 1.88 bits per heavy atom. The van der Waals surface area contributed by atoms with Gasteiger partial charge in [0.05, 0.1) is 0 Å². The highest BCUT2D eigenvalue weighted by Gasteiger charge is 2.04. The molecule has 0 radical (unpaired) electrons. The maximum atomic E-state index is 11.8. The van der Waals surface area contributed by atoms with E-state index in [0.717, 1.165) is 17.1 Å². The van der Waals surface area contributed by atoms with Gasteiger partial charge in [0, 0.05) is 24.6 Å². The highest BCUT2D eigenvalue weighted by atomic mass is 16.5. The third kappa shape index (κ3) is 4.01. The van der Waals surface area contributed by atoms with Crippen molar-refractivity contribution < 1.29 is 9.53 Å². The molecule has 0 unspecified atom stereocenters. The molecule has 1 aromatic heterocycles. The fourth-order valence-electron chi connectivity index (χ4n) is 2.34. The van der Waals surface area contributed by atoms with Crippen LogP contribution in [-0.2, 0) is 11.3 Å². The molecule has 0 atom stereocenters. The van der Waals surface area contributed by atoms with Crippen LogP contribution in [0.5, 0.6) is 5.75 Å². The summed E-state index contributed by atoms with van der Waals surface area (Å²) in [6.45, 7) is 2.44. The minimum Gasteiger partial charge on any atom is -0.484 e. The number of amides is 1. The Bertz CT molecular complexity index is 795. The van der Waals surface area contributed by atoms with Gasteiger partial charge in [-0.1, -0.05) is 30.3 Å². The minimum atomic E-state index is -0.145.